The van der Waals surface area contributed by atoms with E-state index in [1.54, 1.807) is 6.92 Å². The van der Waals surface area contributed by atoms with Crippen LogP contribution in [0.1, 0.15) is 11.1 Å². The average molecular weight is 288 g/mol. The molecule has 1 heterocycles. The molecular formula is C13H12N4O4. The fourth-order valence-electron chi connectivity index (χ4n) is 1.71. The molecule has 0 unspecified atom stereocenters. The summed E-state index contributed by atoms with van der Waals surface area (Å²) in [6, 6.07) is 5.75. The van der Waals surface area contributed by atoms with Crippen LogP contribution in [0, 0.1) is 17.0 Å². The summed E-state index contributed by atoms with van der Waals surface area (Å²) in [7, 11) is 0. The van der Waals surface area contributed by atoms with E-state index in [0.29, 0.717) is 16.9 Å². The van der Waals surface area contributed by atoms with Crippen molar-refractivity contribution in [1.29, 1.82) is 0 Å². The number of hydrogen-bond acceptors (Lipinski definition) is 6. The third-order valence-electron chi connectivity index (χ3n) is 2.76. The van der Waals surface area contributed by atoms with E-state index in [9.17, 15) is 10.1 Å². The molecule has 0 aliphatic carbocycles. The topological polar surface area (TPSA) is 124 Å². The number of rotatable bonds is 4. The highest BCUT2D eigenvalue weighted by Gasteiger charge is 2.13. The quantitative estimate of drug-likeness (QED) is 0.292. The highest BCUT2D eigenvalue weighted by Crippen LogP contribution is 2.29. The Morgan fingerprint density at radius 3 is 2.81 bits per heavy atom. The fourth-order valence-corrected chi connectivity index (χ4v) is 1.71. The highest BCUT2D eigenvalue weighted by molar-refractivity contribution is 5.99. The maximum atomic E-state index is 10.7. The van der Waals surface area contributed by atoms with Crippen LogP contribution in [-0.4, -0.2) is 21.0 Å². The Morgan fingerprint density at radius 2 is 2.19 bits per heavy atom. The molecule has 0 atom stereocenters. The first-order chi connectivity index (χ1) is 10.0. The van der Waals surface area contributed by atoms with Crippen molar-refractivity contribution in [3.8, 4) is 11.5 Å². The van der Waals surface area contributed by atoms with Crippen LogP contribution in [0.4, 0.5) is 5.69 Å². The number of aromatic nitrogens is 1. The molecule has 0 saturated heterocycles. The van der Waals surface area contributed by atoms with Gasteiger partial charge in [0, 0.05) is 18.3 Å². The van der Waals surface area contributed by atoms with Crippen molar-refractivity contribution in [1.82, 2.24) is 4.98 Å². The highest BCUT2D eigenvalue weighted by atomic mass is 16.6. The van der Waals surface area contributed by atoms with Gasteiger partial charge in [-0.05, 0) is 24.6 Å². The smallest absolute Gasteiger partial charge is 0.269 e. The first-order valence-corrected chi connectivity index (χ1v) is 5.87. The zero-order valence-electron chi connectivity index (χ0n) is 11.1. The van der Waals surface area contributed by atoms with Gasteiger partial charge in [0.05, 0.1) is 16.7 Å². The predicted octanol–water partition coefficient (Wildman–Crippen LogP) is 2.19. The molecule has 0 aliphatic rings. The number of aryl methyl sites for hydroxylation is 1. The third kappa shape index (κ3) is 3.06. The molecule has 0 radical (unpaired) electrons. The molecule has 0 bridgehead atoms. The maximum Gasteiger partial charge on any atom is 0.269 e. The minimum Gasteiger partial charge on any atom is -0.455 e. The monoisotopic (exact) mass is 288 g/mol. The molecule has 0 aliphatic heterocycles. The van der Waals surface area contributed by atoms with Gasteiger partial charge in [-0.1, -0.05) is 5.16 Å². The lowest BCUT2D eigenvalue weighted by atomic mass is 10.2. The van der Waals surface area contributed by atoms with E-state index in [1.165, 1.54) is 36.7 Å². The largest absolute Gasteiger partial charge is 0.455 e. The summed E-state index contributed by atoms with van der Waals surface area (Å²) in [5, 5.41) is 22.4. The first-order valence-electron chi connectivity index (χ1n) is 5.87. The predicted molar refractivity (Wildman–Crippen MR) is 74.7 cm³/mol. The molecule has 1 aromatic carbocycles. The number of ether oxygens (including phenoxy) is 1. The maximum absolute atomic E-state index is 10.7. The Hall–Kier alpha value is -3.16. The van der Waals surface area contributed by atoms with Crippen molar-refractivity contribution in [2.45, 2.75) is 6.92 Å². The number of amidine groups is 1. The van der Waals surface area contributed by atoms with Crippen molar-refractivity contribution >= 4 is 11.5 Å². The van der Waals surface area contributed by atoms with Gasteiger partial charge in [-0.3, -0.25) is 15.1 Å². The van der Waals surface area contributed by atoms with Crippen molar-refractivity contribution in [2.24, 2.45) is 10.9 Å². The molecule has 8 heteroatoms. The minimum atomic E-state index is -0.483. The summed E-state index contributed by atoms with van der Waals surface area (Å²) >= 11 is 0. The van der Waals surface area contributed by atoms with Crippen molar-refractivity contribution in [3.63, 3.8) is 0 Å². The lowest BCUT2D eigenvalue weighted by molar-refractivity contribution is -0.384. The van der Waals surface area contributed by atoms with Crippen LogP contribution < -0.4 is 10.5 Å². The summed E-state index contributed by atoms with van der Waals surface area (Å²) < 4.78 is 5.64. The van der Waals surface area contributed by atoms with E-state index in [1.807, 2.05) is 0 Å². The van der Waals surface area contributed by atoms with Crippen LogP contribution in [0.5, 0.6) is 11.5 Å². The first kappa shape index (κ1) is 14.3. The second-order valence-electron chi connectivity index (χ2n) is 4.17. The third-order valence-corrected chi connectivity index (χ3v) is 2.76. The van der Waals surface area contributed by atoms with Crippen LogP contribution in [0.15, 0.2) is 41.8 Å². The average Bonchev–Trinajstić information content (AvgIpc) is 2.49. The van der Waals surface area contributed by atoms with Crippen molar-refractivity contribution in [2.75, 3.05) is 0 Å². The van der Waals surface area contributed by atoms with E-state index < -0.39 is 4.92 Å². The van der Waals surface area contributed by atoms with Crippen LogP contribution in [0.3, 0.4) is 0 Å². The normalized spacial score (nSPS) is 11.2. The van der Waals surface area contributed by atoms with Gasteiger partial charge >= 0.3 is 0 Å². The summed E-state index contributed by atoms with van der Waals surface area (Å²) in [6.45, 7) is 1.68. The molecule has 2 aromatic rings. The molecule has 108 valence electrons. The number of nitrogens with zero attached hydrogens (tertiary/aromatic N) is 3. The lowest BCUT2D eigenvalue weighted by Crippen LogP contribution is -2.14. The molecule has 0 spiro atoms. The number of oxime groups is 1. The Morgan fingerprint density at radius 1 is 1.43 bits per heavy atom. The Bertz CT molecular complexity index is 715. The number of nitro benzene ring substituents is 1. The molecule has 3 N–H and O–H groups in total. The van der Waals surface area contributed by atoms with Gasteiger partial charge in [-0.2, -0.15) is 0 Å². The Labute approximate surface area is 119 Å². The lowest BCUT2D eigenvalue weighted by Gasteiger charge is -2.11. The summed E-state index contributed by atoms with van der Waals surface area (Å²) in [5.41, 5.74) is 6.48. The van der Waals surface area contributed by atoms with E-state index >= 15 is 0 Å². The number of hydrogen-bond donors (Lipinski definition) is 2. The van der Waals surface area contributed by atoms with Crippen LogP contribution in [0.25, 0.3) is 0 Å². The number of non-ortho nitro benzene ring substituents is 1. The number of pyridine rings is 1. The molecule has 0 fully saturated rings. The van der Waals surface area contributed by atoms with Gasteiger partial charge in [0.15, 0.2) is 11.6 Å². The zero-order chi connectivity index (χ0) is 15.4. The van der Waals surface area contributed by atoms with Crippen molar-refractivity contribution < 1.29 is 14.9 Å². The molecule has 1 aromatic heterocycles. The van der Waals surface area contributed by atoms with Gasteiger partial charge in [-0.15, -0.1) is 0 Å². The van der Waals surface area contributed by atoms with E-state index in [0.717, 1.165) is 0 Å². The number of nitro groups is 1. The number of nitrogens with two attached hydrogens (primary N) is 1. The van der Waals surface area contributed by atoms with Gasteiger partial charge in [0.25, 0.3) is 5.69 Å². The summed E-state index contributed by atoms with van der Waals surface area (Å²) in [6.07, 6.45) is 2.89. The van der Waals surface area contributed by atoms with Crippen LogP contribution in [-0.2, 0) is 0 Å². The van der Waals surface area contributed by atoms with Crippen LogP contribution >= 0.6 is 0 Å². The molecule has 8 nitrogen and oxygen atoms in total. The Balaban J connectivity index is 2.37. The van der Waals surface area contributed by atoms with Gasteiger partial charge in [0.1, 0.15) is 5.75 Å². The Kier molecular flexibility index (Phi) is 3.98. The molecule has 21 heavy (non-hydrogen) atoms. The fraction of sp³-hybridized carbons (Fsp3) is 0.0769. The molecule has 2 rings (SSSR count). The van der Waals surface area contributed by atoms with E-state index in [2.05, 4.69) is 10.1 Å². The standard InChI is InChI=1S/C13H12N4O4/c1-8-6-9(17(19)20)2-3-11(8)21-12-7-15-5-4-10(12)13(14)16-18/h2-7,18H,1H3,(H2,14,16). The second kappa shape index (κ2) is 5.87. The molecule has 0 amide bonds. The van der Waals surface area contributed by atoms with E-state index in [4.69, 9.17) is 15.7 Å². The molecule has 0 saturated carbocycles. The van der Waals surface area contributed by atoms with Crippen LogP contribution in [0.2, 0.25) is 0 Å². The zero-order valence-corrected chi connectivity index (χ0v) is 11.1. The van der Waals surface area contributed by atoms with Gasteiger partial charge in [-0.25, -0.2) is 0 Å². The summed E-state index contributed by atoms with van der Waals surface area (Å²) in [5.74, 6) is 0.581. The SMILES string of the molecule is Cc1cc([N+](=O)[O-])ccc1Oc1cnccc1/C(N)=N/O. The summed E-state index contributed by atoms with van der Waals surface area (Å²) in [4.78, 5) is 14.1. The van der Waals surface area contributed by atoms with Gasteiger partial charge < -0.3 is 15.7 Å². The van der Waals surface area contributed by atoms with E-state index in [-0.39, 0.29) is 17.3 Å². The molecular weight excluding hydrogens is 276 g/mol. The minimum absolute atomic E-state index is 0.0253. The second-order valence-corrected chi connectivity index (χ2v) is 4.17. The number of benzene rings is 1. The van der Waals surface area contributed by atoms with Gasteiger partial charge in [0.2, 0.25) is 0 Å². The van der Waals surface area contributed by atoms with Crippen molar-refractivity contribution in [3.05, 3.63) is 57.9 Å².